The number of imidazole rings is 4. The van der Waals surface area contributed by atoms with Crippen molar-refractivity contribution in [2.24, 2.45) is 49.3 Å². The number of benzene rings is 4. The fourth-order valence-electron chi connectivity index (χ4n) is 15.7. The Morgan fingerprint density at radius 3 is 1.10 bits per heavy atom. The van der Waals surface area contributed by atoms with Gasteiger partial charge in [-0.25, -0.2) is 51.3 Å². The zero-order chi connectivity index (χ0) is 87.3. The second kappa shape index (κ2) is 31.6. The second-order valence-corrected chi connectivity index (χ2v) is 29.2. The first kappa shape index (κ1) is 80.3. The lowest BCUT2D eigenvalue weighted by atomic mass is 10.0. The molecule has 16 aromatic heterocycles. The van der Waals surface area contributed by atoms with E-state index in [0.717, 1.165) is 87.7 Å². The number of fused-ring (bicyclic) bond motifs is 12. The number of halogens is 4. The van der Waals surface area contributed by atoms with Crippen LogP contribution in [-0.4, -0.2) is 149 Å². The van der Waals surface area contributed by atoms with Crippen LogP contribution in [0, 0.1) is 44.0 Å². The average molecular weight is 1670 g/mol. The van der Waals surface area contributed by atoms with E-state index in [9.17, 15) is 36.7 Å². The molecule has 37 heteroatoms. The molecule has 0 aliphatic heterocycles. The van der Waals surface area contributed by atoms with Crippen molar-refractivity contribution in [3.05, 3.63) is 254 Å². The molecule has 0 unspecified atom stereocenters. The average Bonchev–Trinajstić information content (AvgIpc) is 1.58. The summed E-state index contributed by atoms with van der Waals surface area (Å²) in [5.74, 6) is 0.308. The van der Waals surface area contributed by atoms with Crippen molar-refractivity contribution in [1.82, 2.24) is 121 Å². The molecule has 0 aliphatic carbocycles. The number of hydrogen-bond donors (Lipinski definition) is 0. The smallest absolute Gasteiger partial charge is 0.335 e. The van der Waals surface area contributed by atoms with Crippen LogP contribution in [-0.2, 0) is 55.9 Å². The molecule has 124 heavy (non-hydrogen) atoms. The normalized spacial score (nSPS) is 11.5. The van der Waals surface area contributed by atoms with E-state index in [1.165, 1.54) is 48.8 Å². The largest absolute Gasteiger partial charge is 0.496 e. The van der Waals surface area contributed by atoms with Gasteiger partial charge in [-0.1, -0.05) is 0 Å². The summed E-state index contributed by atoms with van der Waals surface area (Å²) >= 11 is 0. The molecule has 20 rings (SSSR count). The van der Waals surface area contributed by atoms with Crippen molar-refractivity contribution < 1.29 is 36.5 Å². The molecule has 0 fully saturated rings. The number of aromatic nitrogens is 25. The summed E-state index contributed by atoms with van der Waals surface area (Å²) < 4.78 is 98.5. The molecule has 0 amide bonds. The molecule has 20 aromatic rings. The summed E-state index contributed by atoms with van der Waals surface area (Å²) in [4.78, 5) is 90.2. The second-order valence-electron chi connectivity index (χ2n) is 29.2. The summed E-state index contributed by atoms with van der Waals surface area (Å²) in [5, 5.41) is 20.1. The quantitative estimate of drug-likeness (QED) is 0.0968. The van der Waals surface area contributed by atoms with Gasteiger partial charge in [0.1, 0.15) is 23.0 Å². The van der Waals surface area contributed by atoms with Gasteiger partial charge in [-0.3, -0.25) is 85.6 Å². The minimum Gasteiger partial charge on any atom is -0.496 e. The summed E-state index contributed by atoms with van der Waals surface area (Å²) in [6.45, 7) is 8.13. The fraction of sp³-hybridized carbons (Fsp3) is 0.184. The van der Waals surface area contributed by atoms with E-state index in [1.54, 1.807) is 140 Å². The van der Waals surface area contributed by atoms with Crippen LogP contribution in [0.5, 0.6) is 23.0 Å². The summed E-state index contributed by atoms with van der Waals surface area (Å²) in [6, 6.07) is 16.4. The molecule has 0 aliphatic rings. The highest BCUT2D eigenvalue weighted by atomic mass is 19.1. The molecular formula is C87H75F4N25O8. The monoisotopic (exact) mass is 1670 g/mol. The van der Waals surface area contributed by atoms with Gasteiger partial charge in [-0.15, -0.1) is 0 Å². The van der Waals surface area contributed by atoms with E-state index in [2.05, 4.69) is 65.3 Å². The van der Waals surface area contributed by atoms with Gasteiger partial charge in [0.15, 0.2) is 23.3 Å². The first-order valence-electron chi connectivity index (χ1n) is 38.4. The van der Waals surface area contributed by atoms with Crippen LogP contribution in [0.15, 0.2) is 192 Å². The maximum absolute atomic E-state index is 14.9. The molecule has 0 saturated heterocycles. The number of rotatable bonds is 13. The first-order valence-corrected chi connectivity index (χ1v) is 38.4. The van der Waals surface area contributed by atoms with E-state index in [0.29, 0.717) is 122 Å². The third-order valence-electron chi connectivity index (χ3n) is 21.8. The maximum Gasteiger partial charge on any atom is 0.335 e. The number of pyridine rings is 7. The Morgan fingerprint density at radius 2 is 0.734 bits per heavy atom. The van der Waals surface area contributed by atoms with Crippen molar-refractivity contribution in [2.75, 3.05) is 28.4 Å². The highest BCUT2D eigenvalue weighted by molar-refractivity contribution is 6.09. The van der Waals surface area contributed by atoms with Crippen molar-refractivity contribution in [2.45, 2.75) is 34.2 Å². The van der Waals surface area contributed by atoms with Crippen LogP contribution in [0.25, 0.3) is 155 Å². The van der Waals surface area contributed by atoms with Gasteiger partial charge in [0.05, 0.1) is 192 Å². The number of aryl methyl sites for hydroxylation is 11. The molecule has 0 bridgehead atoms. The summed E-state index contributed by atoms with van der Waals surface area (Å²) in [5.41, 5.74) is 14.9. The molecule has 0 atom stereocenters. The van der Waals surface area contributed by atoms with Crippen LogP contribution in [0.2, 0.25) is 0 Å². The molecule has 33 nitrogen and oxygen atoms in total. The molecular weight excluding hydrogens is 1600 g/mol. The number of ether oxygens (including phenoxy) is 4. The van der Waals surface area contributed by atoms with Crippen LogP contribution < -0.4 is 41.7 Å². The van der Waals surface area contributed by atoms with Gasteiger partial charge in [0.25, 0.3) is 0 Å². The van der Waals surface area contributed by atoms with Gasteiger partial charge in [-0.2, -0.15) is 20.4 Å². The van der Waals surface area contributed by atoms with Gasteiger partial charge in [0.2, 0.25) is 5.95 Å². The van der Waals surface area contributed by atoms with Gasteiger partial charge in [0, 0.05) is 190 Å². The van der Waals surface area contributed by atoms with Crippen molar-refractivity contribution in [1.29, 1.82) is 0 Å². The Kier molecular flexibility index (Phi) is 20.4. The highest BCUT2D eigenvalue weighted by Gasteiger charge is 2.28. The first-order chi connectivity index (χ1) is 59.7. The third kappa shape index (κ3) is 13.5. The lowest BCUT2D eigenvalue weighted by molar-refractivity contribution is 0.417. The predicted octanol–water partition coefficient (Wildman–Crippen LogP) is 12.1. The van der Waals surface area contributed by atoms with Crippen LogP contribution in [0.3, 0.4) is 0 Å². The standard InChI is InChI=1S/2C23H21FN6O2.C21H17FN6O2.C20H16FN7O2/c1-12-8-25-9-17(24)21(12)30-22-15-6-14(16-11-28(3)27-13(16)2)20(32-5)7-18(15)26-10-19(22)29(4)23(30)31;1-5-29-12-14(9-27-29)15-6-16-18(7-20(15)32-4)26-11-19-22(16)30(23(31)28(19)3)21-13(2)8-25-10-17(21)24;1-26-11-12(8-25-26)13-6-14-16(7-19(13)30-3)24-10-18-20(14)28(21(29)27(18)2)17-4-5-23-9-15(17)22;1-26-10-11(6-25-26)13-4-14-15(5-17(13)30-3)22-9-16-18(14)28(20(29)27(16)2)19-23-7-12(21)8-24-19/h6-11H,1-5H3;6-12H,5H2,1-4H3;4-11H,1-3H3;4-10H,1-3H3. The number of nitrogens with zero attached hydrogens (tertiary/aromatic N) is 25. The minimum atomic E-state index is -0.585. The van der Waals surface area contributed by atoms with Gasteiger partial charge < -0.3 is 18.9 Å². The van der Waals surface area contributed by atoms with E-state index in [1.807, 2.05) is 113 Å². The Balaban J connectivity index is 0.000000117. The zero-order valence-corrected chi connectivity index (χ0v) is 69.3. The van der Waals surface area contributed by atoms with Crippen LogP contribution in [0.4, 0.5) is 17.6 Å². The summed E-state index contributed by atoms with van der Waals surface area (Å²) in [6.07, 6.45) is 29.2. The van der Waals surface area contributed by atoms with Crippen molar-refractivity contribution in [3.63, 3.8) is 0 Å². The van der Waals surface area contributed by atoms with Crippen LogP contribution in [0.1, 0.15) is 23.7 Å². The molecule has 0 spiro atoms. The van der Waals surface area contributed by atoms with Crippen LogP contribution >= 0.6 is 0 Å². The molecule has 16 heterocycles. The molecule has 4 aromatic carbocycles. The molecule has 0 radical (unpaired) electrons. The van der Waals surface area contributed by atoms with Gasteiger partial charge >= 0.3 is 22.8 Å². The molecule has 624 valence electrons. The SMILES string of the molecule is CCn1cc(-c2cc3c(cc2OC)ncc2c3n(-c3c(C)cncc3F)c(=O)n2C)cn1.COc1cc2ncc3c(c2cc1-c1cn(C)nc1C)n(-c1c(C)cncc1F)c(=O)n3C.COc1cc2ncc3c(c2cc1-c1cnn(C)c1)n(-c1ccncc1F)c(=O)n3C.COc1cc2ncc3c(c2cc1-c1cnn(C)c1)n(-c1ncc(F)cn1)c(=O)n3C. The van der Waals surface area contributed by atoms with E-state index in [4.69, 9.17) is 18.9 Å². The lowest BCUT2D eigenvalue weighted by Crippen LogP contribution is -2.22. The van der Waals surface area contributed by atoms with E-state index >= 15 is 0 Å². The Bertz CT molecular complexity index is 7960. The molecule has 0 saturated carbocycles. The Morgan fingerprint density at radius 1 is 0.363 bits per heavy atom. The van der Waals surface area contributed by atoms with Gasteiger partial charge in [-0.05, 0) is 69.2 Å². The van der Waals surface area contributed by atoms with Crippen molar-refractivity contribution >= 4 is 87.7 Å². The van der Waals surface area contributed by atoms with Crippen molar-refractivity contribution in [3.8, 4) is 90.5 Å². The van der Waals surface area contributed by atoms with E-state index < -0.39 is 23.3 Å². The summed E-state index contributed by atoms with van der Waals surface area (Å²) in [7, 11) is 18.5. The highest BCUT2D eigenvalue weighted by Crippen LogP contribution is 2.43. The topological polar surface area (TPSA) is 332 Å². The Hall–Kier alpha value is -16.1. The zero-order valence-electron chi connectivity index (χ0n) is 69.3. The molecule has 0 N–H and O–H groups in total. The van der Waals surface area contributed by atoms with E-state index in [-0.39, 0.29) is 45.8 Å². The predicted molar refractivity (Wildman–Crippen MR) is 458 cm³/mol. The lowest BCUT2D eigenvalue weighted by Gasteiger charge is -2.12. The minimum absolute atomic E-state index is 0.0817. The fourth-order valence-corrected chi connectivity index (χ4v) is 15.7. The third-order valence-corrected chi connectivity index (χ3v) is 21.8. The number of methoxy groups -OCH3 is 4. The number of hydrogen-bond acceptors (Lipinski definition) is 21. The maximum atomic E-state index is 14.9. The Labute approximate surface area is 698 Å².